The number of rotatable bonds is 5. The van der Waals surface area contributed by atoms with Crippen LogP contribution in [0.4, 0.5) is 0 Å². The molecular weight excluding hydrogens is 701 g/mol. The molecule has 6 heterocycles. The fraction of sp³-hybridized carbons (Fsp3) is 0. The zero-order valence-corrected chi connectivity index (χ0v) is 30.4. The molecule has 0 bridgehead atoms. The summed E-state index contributed by atoms with van der Waals surface area (Å²) in [6.07, 6.45) is 1.85. The van der Waals surface area contributed by atoms with Crippen LogP contribution in [0, 0.1) is 0 Å². The highest BCUT2D eigenvalue weighted by Gasteiger charge is 2.22. The fourth-order valence-electron chi connectivity index (χ4n) is 8.44. The van der Waals surface area contributed by atoms with Crippen molar-refractivity contribution in [3.8, 4) is 40.1 Å². The van der Waals surface area contributed by atoms with Crippen molar-refractivity contribution in [2.24, 2.45) is 0 Å². The van der Waals surface area contributed by atoms with Gasteiger partial charge in [-0.2, -0.15) is 9.97 Å². The number of hydrogen-bond acceptors (Lipinski definition) is 5. The summed E-state index contributed by atoms with van der Waals surface area (Å²) >= 11 is 0. The minimum absolute atomic E-state index is 0.562. The van der Waals surface area contributed by atoms with Crippen molar-refractivity contribution >= 4 is 65.8 Å². The first-order valence-electron chi connectivity index (χ1n) is 18.9. The molecule has 57 heavy (non-hydrogen) atoms. The number of benzene rings is 6. The molecule has 0 unspecified atom stereocenters. The van der Waals surface area contributed by atoms with Crippen LogP contribution in [0.1, 0.15) is 0 Å². The first-order chi connectivity index (χ1) is 28.3. The van der Waals surface area contributed by atoms with Crippen LogP contribution in [0.15, 0.2) is 182 Å². The molecule has 0 saturated carbocycles. The molecule has 0 N–H and O–H groups in total. The van der Waals surface area contributed by atoms with E-state index in [4.69, 9.17) is 24.9 Å². The van der Waals surface area contributed by atoms with Crippen LogP contribution in [0.2, 0.25) is 0 Å². The molecule has 6 aromatic carbocycles. The quantitative estimate of drug-likeness (QED) is 0.176. The molecule has 0 amide bonds. The van der Waals surface area contributed by atoms with Crippen LogP contribution in [-0.4, -0.2) is 38.6 Å². The molecule has 0 radical (unpaired) electrons. The highest BCUT2D eigenvalue weighted by molar-refractivity contribution is 6.15. The number of nitrogens with zero attached hydrogens (tertiary/aromatic N) is 8. The van der Waals surface area contributed by atoms with Crippen LogP contribution in [0.5, 0.6) is 0 Å². The van der Waals surface area contributed by atoms with Crippen molar-refractivity contribution in [2.45, 2.75) is 0 Å². The summed E-state index contributed by atoms with van der Waals surface area (Å²) in [6.45, 7) is 0. The van der Waals surface area contributed by atoms with Gasteiger partial charge in [0.15, 0.2) is 11.6 Å². The number of pyridine rings is 2. The third kappa shape index (κ3) is 4.77. The minimum Gasteiger partial charge on any atom is -0.308 e. The third-order valence-electron chi connectivity index (χ3n) is 10.9. The van der Waals surface area contributed by atoms with Crippen LogP contribution < -0.4 is 0 Å². The highest BCUT2D eigenvalue weighted by atomic mass is 15.2. The Kier molecular flexibility index (Phi) is 6.76. The summed E-state index contributed by atoms with van der Waals surface area (Å²) in [5.74, 6) is 1.80. The molecule has 0 atom stereocenters. The third-order valence-corrected chi connectivity index (χ3v) is 10.9. The summed E-state index contributed by atoms with van der Waals surface area (Å²) in [7, 11) is 0. The molecule has 0 aliphatic heterocycles. The van der Waals surface area contributed by atoms with E-state index >= 15 is 0 Å². The normalized spacial score (nSPS) is 11.9. The van der Waals surface area contributed by atoms with E-state index in [0.29, 0.717) is 17.6 Å². The predicted octanol–water partition coefficient (Wildman–Crippen LogP) is 11.3. The molecule has 0 fully saturated rings. The Balaban J connectivity index is 1.12. The van der Waals surface area contributed by atoms with Crippen LogP contribution in [0.25, 0.3) is 106 Å². The van der Waals surface area contributed by atoms with Crippen LogP contribution >= 0.6 is 0 Å². The van der Waals surface area contributed by atoms with E-state index in [1.165, 1.54) is 0 Å². The maximum atomic E-state index is 5.42. The summed E-state index contributed by atoms with van der Waals surface area (Å²) in [4.78, 5) is 25.5. The van der Waals surface area contributed by atoms with E-state index in [2.05, 4.69) is 117 Å². The minimum atomic E-state index is 0.562. The second-order valence-electron chi connectivity index (χ2n) is 14.2. The average Bonchev–Trinajstić information content (AvgIpc) is 3.91. The van der Waals surface area contributed by atoms with Gasteiger partial charge in [0.2, 0.25) is 5.95 Å². The molecule has 0 aliphatic rings. The summed E-state index contributed by atoms with van der Waals surface area (Å²) < 4.78 is 6.77. The van der Waals surface area contributed by atoms with Gasteiger partial charge in [0.1, 0.15) is 11.0 Å². The Morgan fingerprint density at radius 3 is 1.60 bits per heavy atom. The Morgan fingerprint density at radius 1 is 0.316 bits per heavy atom. The molecule has 266 valence electrons. The van der Waals surface area contributed by atoms with Gasteiger partial charge in [0.05, 0.1) is 38.6 Å². The number of aromatic nitrogens is 8. The summed E-state index contributed by atoms with van der Waals surface area (Å²) in [5.41, 5.74) is 12.8. The van der Waals surface area contributed by atoms with E-state index < -0.39 is 0 Å². The lowest BCUT2D eigenvalue weighted by Crippen LogP contribution is -2.06. The summed E-state index contributed by atoms with van der Waals surface area (Å²) in [6, 6.07) is 60.7. The topological polar surface area (TPSA) is 79.2 Å². The van der Waals surface area contributed by atoms with E-state index in [0.717, 1.165) is 88.3 Å². The van der Waals surface area contributed by atoms with Crippen LogP contribution in [0.3, 0.4) is 0 Å². The predicted molar refractivity (Wildman–Crippen MR) is 229 cm³/mol. The first-order valence-corrected chi connectivity index (χ1v) is 18.9. The Morgan fingerprint density at radius 2 is 0.877 bits per heavy atom. The van der Waals surface area contributed by atoms with Gasteiger partial charge in [-0.3, -0.25) is 9.55 Å². The lowest BCUT2D eigenvalue weighted by Gasteiger charge is -2.12. The molecule has 6 aromatic heterocycles. The second kappa shape index (κ2) is 12.3. The van der Waals surface area contributed by atoms with Gasteiger partial charge in [0, 0.05) is 44.9 Å². The molecule has 12 aromatic rings. The molecule has 12 rings (SSSR count). The number of hydrogen-bond donors (Lipinski definition) is 0. The van der Waals surface area contributed by atoms with Crippen molar-refractivity contribution in [1.29, 1.82) is 0 Å². The van der Waals surface area contributed by atoms with Crippen molar-refractivity contribution < 1.29 is 0 Å². The first kappa shape index (κ1) is 31.4. The Hall–Kier alpha value is -7.97. The molecule has 8 nitrogen and oxygen atoms in total. The van der Waals surface area contributed by atoms with Gasteiger partial charge in [-0.25, -0.2) is 9.97 Å². The van der Waals surface area contributed by atoms with Crippen molar-refractivity contribution in [2.75, 3.05) is 0 Å². The SMILES string of the molecule is c1ccc(-c2nc(-c3ccccc3)nc(-n3c4ccccc4c4cc(-n5c6ccccc6c6nc7c8ncccc8n(-c8ccccc8)c7cc65)ccc43)n2)cc1. The summed E-state index contributed by atoms with van der Waals surface area (Å²) in [5, 5.41) is 3.28. The maximum Gasteiger partial charge on any atom is 0.238 e. The molecular formula is C49H30N8. The lowest BCUT2D eigenvalue weighted by molar-refractivity contribution is 0.953. The smallest absolute Gasteiger partial charge is 0.238 e. The van der Waals surface area contributed by atoms with Gasteiger partial charge in [-0.15, -0.1) is 0 Å². The van der Waals surface area contributed by atoms with Gasteiger partial charge < -0.3 is 9.13 Å². The average molecular weight is 731 g/mol. The molecule has 8 heteroatoms. The lowest BCUT2D eigenvalue weighted by atomic mass is 10.1. The van der Waals surface area contributed by atoms with E-state index in [-0.39, 0.29) is 0 Å². The highest BCUT2D eigenvalue weighted by Crippen LogP contribution is 2.39. The van der Waals surface area contributed by atoms with Gasteiger partial charge in [-0.05, 0) is 60.7 Å². The van der Waals surface area contributed by atoms with Crippen molar-refractivity contribution in [3.05, 3.63) is 182 Å². The van der Waals surface area contributed by atoms with E-state index in [1.54, 1.807) is 0 Å². The largest absolute Gasteiger partial charge is 0.308 e. The van der Waals surface area contributed by atoms with Gasteiger partial charge in [0.25, 0.3) is 0 Å². The van der Waals surface area contributed by atoms with Gasteiger partial charge in [-0.1, -0.05) is 115 Å². The molecule has 0 aliphatic carbocycles. The standard InChI is InChI=1S/C49H30N8/c1-4-15-31(16-5-1)47-52-48(32-17-6-2-7-18-32)54-49(53-47)57-38-23-12-10-21-35(38)37-29-34(26-27-40(37)57)56-39-24-13-11-22-36(39)44-42(56)30-43-46(51-44)45-41(25-14-28-50-45)55(43)33-19-8-3-9-20-33/h1-30H. The van der Waals surface area contributed by atoms with Crippen molar-refractivity contribution in [3.63, 3.8) is 0 Å². The molecule has 0 saturated heterocycles. The van der Waals surface area contributed by atoms with E-state index in [9.17, 15) is 0 Å². The second-order valence-corrected chi connectivity index (χ2v) is 14.2. The van der Waals surface area contributed by atoms with Crippen molar-refractivity contribution in [1.82, 2.24) is 38.6 Å². The Bertz CT molecular complexity index is 3450. The van der Waals surface area contributed by atoms with Gasteiger partial charge >= 0.3 is 0 Å². The molecule has 0 spiro atoms. The fourth-order valence-corrected chi connectivity index (χ4v) is 8.44. The van der Waals surface area contributed by atoms with E-state index in [1.807, 2.05) is 79.0 Å². The monoisotopic (exact) mass is 730 g/mol. The van der Waals surface area contributed by atoms with Crippen LogP contribution in [-0.2, 0) is 0 Å². The Labute approximate surface area is 325 Å². The zero-order valence-electron chi connectivity index (χ0n) is 30.4. The number of fused-ring (bicyclic) bond motifs is 9. The zero-order chi connectivity index (χ0) is 37.5. The maximum absolute atomic E-state index is 5.42. The number of para-hydroxylation sites is 3.